The summed E-state index contributed by atoms with van der Waals surface area (Å²) in [6.07, 6.45) is 2.61. The highest BCUT2D eigenvalue weighted by molar-refractivity contribution is 7.87. The summed E-state index contributed by atoms with van der Waals surface area (Å²) in [5, 5.41) is 9.06. The van der Waals surface area contributed by atoms with Gasteiger partial charge in [0.05, 0.1) is 5.92 Å². The Morgan fingerprint density at radius 3 is 2.42 bits per heavy atom. The van der Waals surface area contributed by atoms with Gasteiger partial charge < -0.3 is 5.11 Å². The van der Waals surface area contributed by atoms with Gasteiger partial charge in [-0.3, -0.25) is 4.79 Å². The molecule has 0 bridgehead atoms. The Morgan fingerprint density at radius 2 is 2.00 bits per heavy atom. The predicted molar refractivity (Wildman–Crippen MR) is 72.9 cm³/mol. The number of nitrogens with zero attached hydrogens (tertiary/aromatic N) is 1. The number of carboxylic acids is 1. The van der Waals surface area contributed by atoms with Gasteiger partial charge in [-0.1, -0.05) is 13.8 Å². The quantitative estimate of drug-likeness (QED) is 0.661. The summed E-state index contributed by atoms with van der Waals surface area (Å²) >= 11 is 0. The predicted octanol–water partition coefficient (Wildman–Crippen LogP) is 0.910. The first-order valence-corrected chi connectivity index (χ1v) is 8.10. The minimum Gasteiger partial charge on any atom is -0.481 e. The molecule has 1 aliphatic rings. The van der Waals surface area contributed by atoms with Gasteiger partial charge in [-0.05, 0) is 31.1 Å². The van der Waals surface area contributed by atoms with Gasteiger partial charge >= 0.3 is 5.97 Å². The number of rotatable bonds is 9. The topological polar surface area (TPSA) is 86.7 Å². The lowest BCUT2D eigenvalue weighted by molar-refractivity contribution is -0.142. The van der Waals surface area contributed by atoms with Crippen molar-refractivity contribution in [1.82, 2.24) is 9.03 Å². The molecule has 0 spiro atoms. The molecule has 1 rings (SSSR count). The molecule has 19 heavy (non-hydrogen) atoms. The van der Waals surface area contributed by atoms with Crippen molar-refractivity contribution < 1.29 is 18.3 Å². The standard InChI is InChI=1S/C12H24N2O4S/c1-9(2)6-11(12(15)16)7-13-19(17,18)14(3)8-10-4-5-10/h9-11,13H,4-8H2,1-3H3,(H,15,16). The van der Waals surface area contributed by atoms with Crippen LogP contribution in [0.4, 0.5) is 0 Å². The molecule has 1 saturated carbocycles. The molecule has 6 nitrogen and oxygen atoms in total. The van der Waals surface area contributed by atoms with Crippen LogP contribution in [0.2, 0.25) is 0 Å². The fourth-order valence-electron chi connectivity index (χ4n) is 1.92. The molecule has 0 heterocycles. The average Bonchev–Trinajstić information content (AvgIpc) is 3.07. The summed E-state index contributed by atoms with van der Waals surface area (Å²) < 4.78 is 27.5. The van der Waals surface area contributed by atoms with Gasteiger partial charge in [0.25, 0.3) is 10.2 Å². The van der Waals surface area contributed by atoms with Crippen LogP contribution in [0.15, 0.2) is 0 Å². The number of carbonyl (C=O) groups is 1. The van der Waals surface area contributed by atoms with Gasteiger partial charge in [0.1, 0.15) is 0 Å². The van der Waals surface area contributed by atoms with E-state index >= 15 is 0 Å². The van der Waals surface area contributed by atoms with Crippen molar-refractivity contribution in [2.24, 2.45) is 17.8 Å². The number of hydrogen-bond donors (Lipinski definition) is 2. The molecule has 0 aliphatic heterocycles. The number of nitrogens with one attached hydrogen (secondary N) is 1. The summed E-state index contributed by atoms with van der Waals surface area (Å²) in [6, 6.07) is 0. The van der Waals surface area contributed by atoms with Crippen LogP contribution in [0.5, 0.6) is 0 Å². The van der Waals surface area contributed by atoms with Crippen molar-refractivity contribution in [3.05, 3.63) is 0 Å². The van der Waals surface area contributed by atoms with Crippen LogP contribution in [0.3, 0.4) is 0 Å². The van der Waals surface area contributed by atoms with E-state index in [4.69, 9.17) is 5.11 Å². The molecular weight excluding hydrogens is 268 g/mol. The molecule has 0 aromatic carbocycles. The van der Waals surface area contributed by atoms with Crippen molar-refractivity contribution in [1.29, 1.82) is 0 Å². The SMILES string of the molecule is CC(C)CC(CNS(=O)(=O)N(C)CC1CC1)C(=O)O. The van der Waals surface area contributed by atoms with E-state index in [1.54, 1.807) is 0 Å². The molecule has 1 aliphatic carbocycles. The second-order valence-electron chi connectivity index (χ2n) is 5.74. The molecule has 0 saturated heterocycles. The molecule has 7 heteroatoms. The van der Waals surface area contributed by atoms with Gasteiger partial charge in [-0.15, -0.1) is 0 Å². The van der Waals surface area contributed by atoms with Gasteiger partial charge in [0.15, 0.2) is 0 Å². The Hall–Kier alpha value is -0.660. The first-order chi connectivity index (χ1) is 8.72. The normalized spacial score (nSPS) is 17.9. The highest BCUT2D eigenvalue weighted by Crippen LogP contribution is 2.29. The third-order valence-corrected chi connectivity index (χ3v) is 4.74. The highest BCUT2D eigenvalue weighted by atomic mass is 32.2. The van der Waals surface area contributed by atoms with E-state index in [9.17, 15) is 13.2 Å². The summed E-state index contributed by atoms with van der Waals surface area (Å²) in [4.78, 5) is 11.1. The molecule has 2 N–H and O–H groups in total. The van der Waals surface area contributed by atoms with Crippen molar-refractivity contribution in [3.8, 4) is 0 Å². The third kappa shape index (κ3) is 5.88. The van der Waals surface area contributed by atoms with E-state index in [2.05, 4.69) is 4.72 Å². The second kappa shape index (κ2) is 6.67. The van der Waals surface area contributed by atoms with Gasteiger partial charge in [-0.2, -0.15) is 12.7 Å². The maximum Gasteiger partial charge on any atom is 0.307 e. The fraction of sp³-hybridized carbons (Fsp3) is 0.917. The Kier molecular flexibility index (Phi) is 5.76. The largest absolute Gasteiger partial charge is 0.481 e. The zero-order valence-corrected chi connectivity index (χ0v) is 12.6. The fourth-order valence-corrected chi connectivity index (χ4v) is 2.96. The molecule has 0 aromatic heterocycles. The Bertz CT molecular complexity index is 404. The van der Waals surface area contributed by atoms with E-state index in [0.29, 0.717) is 18.9 Å². The van der Waals surface area contributed by atoms with E-state index in [1.165, 1.54) is 11.4 Å². The zero-order chi connectivity index (χ0) is 14.6. The van der Waals surface area contributed by atoms with E-state index in [-0.39, 0.29) is 12.5 Å². The van der Waals surface area contributed by atoms with Gasteiger partial charge in [0.2, 0.25) is 0 Å². The molecule has 0 radical (unpaired) electrons. The Balaban J connectivity index is 2.48. The highest BCUT2D eigenvalue weighted by Gasteiger charge is 2.29. The maximum atomic E-state index is 11.9. The summed E-state index contributed by atoms with van der Waals surface area (Å²) in [5.74, 6) is -0.951. The van der Waals surface area contributed by atoms with E-state index < -0.39 is 22.1 Å². The Morgan fingerprint density at radius 1 is 1.42 bits per heavy atom. The third-order valence-electron chi connectivity index (χ3n) is 3.24. The van der Waals surface area contributed by atoms with Crippen LogP contribution >= 0.6 is 0 Å². The van der Waals surface area contributed by atoms with Crippen LogP contribution in [0.1, 0.15) is 33.1 Å². The zero-order valence-electron chi connectivity index (χ0n) is 11.8. The minimum absolute atomic E-state index is 0.0507. The first kappa shape index (κ1) is 16.4. The monoisotopic (exact) mass is 292 g/mol. The van der Waals surface area contributed by atoms with E-state index in [0.717, 1.165) is 12.8 Å². The van der Waals surface area contributed by atoms with Gasteiger partial charge in [0, 0.05) is 20.1 Å². The molecule has 112 valence electrons. The number of aliphatic carboxylic acids is 1. The summed E-state index contributed by atoms with van der Waals surface area (Å²) in [5.41, 5.74) is 0. The molecule has 1 unspecified atom stereocenters. The number of carboxylic acid groups (broad SMARTS) is 1. The summed E-state index contributed by atoms with van der Waals surface area (Å²) in [7, 11) is -2.03. The summed E-state index contributed by atoms with van der Waals surface area (Å²) in [6.45, 7) is 4.30. The van der Waals surface area contributed by atoms with E-state index in [1.807, 2.05) is 13.8 Å². The Labute approximate surface area is 115 Å². The molecular formula is C12H24N2O4S. The average molecular weight is 292 g/mol. The maximum absolute atomic E-state index is 11.9. The van der Waals surface area contributed by atoms with Crippen molar-refractivity contribution in [3.63, 3.8) is 0 Å². The van der Waals surface area contributed by atoms with Crippen LogP contribution in [-0.2, 0) is 15.0 Å². The number of hydrogen-bond acceptors (Lipinski definition) is 3. The molecule has 1 atom stereocenters. The lowest BCUT2D eigenvalue weighted by atomic mass is 9.98. The molecule has 0 amide bonds. The lowest BCUT2D eigenvalue weighted by Gasteiger charge is -2.20. The second-order valence-corrected chi connectivity index (χ2v) is 7.60. The molecule has 1 fully saturated rings. The van der Waals surface area contributed by atoms with Crippen molar-refractivity contribution >= 4 is 16.2 Å². The van der Waals surface area contributed by atoms with Crippen LogP contribution in [0.25, 0.3) is 0 Å². The van der Waals surface area contributed by atoms with Gasteiger partial charge in [-0.25, -0.2) is 4.72 Å². The van der Waals surface area contributed by atoms with Crippen LogP contribution < -0.4 is 4.72 Å². The first-order valence-electron chi connectivity index (χ1n) is 6.66. The smallest absolute Gasteiger partial charge is 0.307 e. The van der Waals surface area contributed by atoms with Crippen molar-refractivity contribution in [2.75, 3.05) is 20.1 Å². The van der Waals surface area contributed by atoms with Crippen molar-refractivity contribution in [2.45, 2.75) is 33.1 Å². The molecule has 0 aromatic rings. The van der Waals surface area contributed by atoms with Crippen LogP contribution in [-0.4, -0.2) is 43.9 Å². The lowest BCUT2D eigenvalue weighted by Crippen LogP contribution is -2.42. The minimum atomic E-state index is -3.56. The van der Waals surface area contributed by atoms with Crippen LogP contribution in [0, 0.1) is 17.8 Å².